The molecule has 0 aromatic heterocycles. The predicted octanol–water partition coefficient (Wildman–Crippen LogP) is 1.62. The van der Waals surface area contributed by atoms with Crippen LogP contribution in [0.1, 0.15) is 24.2 Å². The van der Waals surface area contributed by atoms with Crippen LogP contribution >= 0.6 is 0 Å². The number of rotatable bonds is 3. The quantitative estimate of drug-likeness (QED) is 0.503. The Balaban J connectivity index is 2.60. The molecule has 0 aliphatic heterocycles. The molecule has 76 valence electrons. The second-order valence-corrected chi connectivity index (χ2v) is 3.44. The molecule has 0 heterocycles. The Morgan fingerprint density at radius 3 is 2.86 bits per heavy atom. The largest absolute Gasteiger partial charge is 0.387 e. The van der Waals surface area contributed by atoms with Crippen molar-refractivity contribution in [3.05, 3.63) is 35.4 Å². The van der Waals surface area contributed by atoms with Crippen LogP contribution in [0.5, 0.6) is 0 Å². The molecule has 14 heavy (non-hydrogen) atoms. The maximum absolute atomic E-state index is 9.73. The topological polar surface area (TPSA) is 56.1 Å². The number of aliphatic hydroxyl groups excluding tert-OH is 1. The Labute approximate surface area is 84.3 Å². The number of hydrogen-bond donors (Lipinski definition) is 3. The molecule has 3 heteroatoms. The van der Waals surface area contributed by atoms with Crippen molar-refractivity contribution in [3.8, 4) is 0 Å². The van der Waals surface area contributed by atoms with Gasteiger partial charge < -0.3 is 10.4 Å². The van der Waals surface area contributed by atoms with E-state index in [1.807, 2.05) is 31.2 Å². The Bertz CT molecular complexity index is 323. The van der Waals surface area contributed by atoms with E-state index in [0.29, 0.717) is 12.4 Å². The van der Waals surface area contributed by atoms with Crippen LogP contribution in [0.15, 0.2) is 24.3 Å². The summed E-state index contributed by atoms with van der Waals surface area (Å²) in [7, 11) is 0. The summed E-state index contributed by atoms with van der Waals surface area (Å²) in [6, 6.07) is 7.75. The molecule has 0 fully saturated rings. The molecule has 0 saturated carbocycles. The van der Waals surface area contributed by atoms with Crippen molar-refractivity contribution in [2.45, 2.75) is 20.0 Å². The van der Waals surface area contributed by atoms with Crippen LogP contribution in [0, 0.1) is 12.3 Å². The molecule has 0 radical (unpaired) electrons. The number of nitrogens with one attached hydrogen (secondary N) is 2. The number of benzene rings is 1. The normalized spacial score (nSPS) is 12.2. The maximum atomic E-state index is 9.73. The van der Waals surface area contributed by atoms with Crippen LogP contribution in [0.2, 0.25) is 0 Å². The van der Waals surface area contributed by atoms with Crippen molar-refractivity contribution in [3.63, 3.8) is 0 Å². The minimum absolute atomic E-state index is 0.372. The van der Waals surface area contributed by atoms with Gasteiger partial charge in [-0.3, -0.25) is 5.41 Å². The van der Waals surface area contributed by atoms with Gasteiger partial charge in [0.1, 0.15) is 0 Å². The van der Waals surface area contributed by atoms with E-state index in [-0.39, 0.29) is 0 Å². The van der Waals surface area contributed by atoms with Crippen molar-refractivity contribution in [2.75, 3.05) is 6.54 Å². The van der Waals surface area contributed by atoms with E-state index >= 15 is 0 Å². The highest BCUT2D eigenvalue weighted by molar-refractivity contribution is 5.75. The molecule has 1 atom stereocenters. The fourth-order valence-corrected chi connectivity index (χ4v) is 1.25. The molecule has 3 nitrogen and oxygen atoms in total. The lowest BCUT2D eigenvalue weighted by Gasteiger charge is -2.12. The van der Waals surface area contributed by atoms with Crippen molar-refractivity contribution in [1.29, 1.82) is 5.41 Å². The molecule has 0 spiro atoms. The molecule has 0 bridgehead atoms. The molecule has 1 rings (SSSR count). The molecule has 0 unspecified atom stereocenters. The fourth-order valence-electron chi connectivity index (χ4n) is 1.25. The van der Waals surface area contributed by atoms with E-state index in [1.165, 1.54) is 0 Å². The second-order valence-electron chi connectivity index (χ2n) is 3.44. The molecule has 1 aromatic rings. The smallest absolute Gasteiger partial charge is 0.0962 e. The van der Waals surface area contributed by atoms with Crippen molar-refractivity contribution >= 4 is 5.84 Å². The lowest BCUT2D eigenvalue weighted by atomic mass is 10.1. The summed E-state index contributed by atoms with van der Waals surface area (Å²) in [5, 5.41) is 19.7. The molecule has 0 aliphatic rings. The van der Waals surface area contributed by atoms with Gasteiger partial charge in [-0.25, -0.2) is 0 Å². The van der Waals surface area contributed by atoms with Crippen molar-refractivity contribution < 1.29 is 5.11 Å². The van der Waals surface area contributed by atoms with E-state index in [2.05, 4.69) is 5.32 Å². The van der Waals surface area contributed by atoms with Gasteiger partial charge in [0.05, 0.1) is 11.9 Å². The Morgan fingerprint density at radius 1 is 1.57 bits per heavy atom. The van der Waals surface area contributed by atoms with E-state index in [1.54, 1.807) is 6.92 Å². The summed E-state index contributed by atoms with van der Waals surface area (Å²) >= 11 is 0. The van der Waals surface area contributed by atoms with Crippen LogP contribution in [0.25, 0.3) is 0 Å². The van der Waals surface area contributed by atoms with Crippen LogP contribution in [0.4, 0.5) is 0 Å². The highest BCUT2D eigenvalue weighted by Gasteiger charge is 2.06. The van der Waals surface area contributed by atoms with Gasteiger partial charge in [0.15, 0.2) is 0 Å². The van der Waals surface area contributed by atoms with Crippen LogP contribution in [0.3, 0.4) is 0 Å². The molecular formula is C11H16N2O. The van der Waals surface area contributed by atoms with Gasteiger partial charge in [0.25, 0.3) is 0 Å². The third-order valence-corrected chi connectivity index (χ3v) is 1.99. The van der Waals surface area contributed by atoms with Crippen LogP contribution in [-0.2, 0) is 0 Å². The van der Waals surface area contributed by atoms with Gasteiger partial charge in [-0.15, -0.1) is 0 Å². The lowest BCUT2D eigenvalue weighted by Crippen LogP contribution is -2.25. The van der Waals surface area contributed by atoms with Crippen molar-refractivity contribution in [2.24, 2.45) is 0 Å². The first-order valence-electron chi connectivity index (χ1n) is 4.63. The average molecular weight is 192 g/mol. The number of amidine groups is 1. The Hall–Kier alpha value is -1.35. The molecule has 0 saturated heterocycles. The van der Waals surface area contributed by atoms with Crippen molar-refractivity contribution in [1.82, 2.24) is 5.32 Å². The zero-order valence-corrected chi connectivity index (χ0v) is 8.54. The second kappa shape index (κ2) is 4.77. The van der Waals surface area contributed by atoms with Gasteiger partial charge >= 0.3 is 0 Å². The van der Waals surface area contributed by atoms with Gasteiger partial charge in [-0.1, -0.05) is 29.8 Å². The summed E-state index contributed by atoms with van der Waals surface area (Å²) in [5.41, 5.74) is 2.02. The fraction of sp³-hybridized carbons (Fsp3) is 0.364. The van der Waals surface area contributed by atoms with Gasteiger partial charge in [-0.2, -0.15) is 0 Å². The summed E-state index contributed by atoms with van der Waals surface area (Å²) in [4.78, 5) is 0. The SMILES string of the molecule is CC(=N)NC[C@H](O)c1cccc(C)c1. The van der Waals surface area contributed by atoms with E-state index in [4.69, 9.17) is 5.41 Å². The molecule has 3 N–H and O–H groups in total. The van der Waals surface area contributed by atoms with Crippen LogP contribution in [-0.4, -0.2) is 17.5 Å². The zero-order valence-electron chi connectivity index (χ0n) is 8.54. The first-order chi connectivity index (χ1) is 6.59. The standard InChI is InChI=1S/C11H16N2O/c1-8-4-3-5-10(6-8)11(14)7-13-9(2)12/h3-6,11,14H,7H2,1-2H3,(H2,12,13)/t11-/m0/s1. The summed E-state index contributed by atoms with van der Waals surface area (Å²) in [5.74, 6) is 0.372. The monoisotopic (exact) mass is 192 g/mol. The first-order valence-corrected chi connectivity index (χ1v) is 4.63. The van der Waals surface area contributed by atoms with Crippen LogP contribution < -0.4 is 5.32 Å². The summed E-state index contributed by atoms with van der Waals surface area (Å²) in [6.45, 7) is 4.03. The maximum Gasteiger partial charge on any atom is 0.0962 e. The molecule has 0 amide bonds. The molecule has 1 aromatic carbocycles. The highest BCUT2D eigenvalue weighted by Crippen LogP contribution is 2.12. The number of hydrogen-bond acceptors (Lipinski definition) is 2. The average Bonchev–Trinajstić information content (AvgIpc) is 2.14. The van der Waals surface area contributed by atoms with Gasteiger partial charge in [0.2, 0.25) is 0 Å². The van der Waals surface area contributed by atoms with Gasteiger partial charge in [-0.05, 0) is 19.4 Å². The number of aryl methyl sites for hydroxylation is 1. The molecule has 0 aliphatic carbocycles. The minimum Gasteiger partial charge on any atom is -0.387 e. The predicted molar refractivity (Wildman–Crippen MR) is 57.5 cm³/mol. The highest BCUT2D eigenvalue weighted by atomic mass is 16.3. The summed E-state index contributed by atoms with van der Waals surface area (Å²) < 4.78 is 0. The first kappa shape index (κ1) is 10.7. The number of aliphatic hydroxyl groups is 1. The van der Waals surface area contributed by atoms with Gasteiger partial charge in [0, 0.05) is 6.54 Å². The third kappa shape index (κ3) is 3.18. The lowest BCUT2D eigenvalue weighted by molar-refractivity contribution is 0.181. The Kier molecular flexibility index (Phi) is 3.65. The molecular weight excluding hydrogens is 176 g/mol. The minimum atomic E-state index is -0.546. The van der Waals surface area contributed by atoms with E-state index in [0.717, 1.165) is 11.1 Å². The third-order valence-electron chi connectivity index (χ3n) is 1.99. The summed E-state index contributed by atoms with van der Waals surface area (Å²) in [6.07, 6.45) is -0.546. The zero-order chi connectivity index (χ0) is 10.6. The van der Waals surface area contributed by atoms with E-state index < -0.39 is 6.10 Å². The van der Waals surface area contributed by atoms with E-state index in [9.17, 15) is 5.11 Å². The Morgan fingerprint density at radius 2 is 2.29 bits per heavy atom.